The summed E-state index contributed by atoms with van der Waals surface area (Å²) in [5.41, 5.74) is 1.71. The number of ether oxygens (including phenoxy) is 1. The van der Waals surface area contributed by atoms with E-state index in [1.54, 1.807) is 7.05 Å². The lowest BCUT2D eigenvalue weighted by Gasteiger charge is -2.18. The summed E-state index contributed by atoms with van der Waals surface area (Å²) in [4.78, 5) is 24.1. The van der Waals surface area contributed by atoms with Crippen molar-refractivity contribution in [3.05, 3.63) is 46.1 Å². The predicted molar refractivity (Wildman–Crippen MR) is 93.5 cm³/mol. The molecule has 134 valence electrons. The van der Waals surface area contributed by atoms with Gasteiger partial charge in [-0.1, -0.05) is 13.0 Å². The second-order valence-corrected chi connectivity index (χ2v) is 7.12. The molecule has 1 N–H and O–H groups in total. The number of hydrogen-bond acceptors (Lipinski definition) is 4. The maximum atomic E-state index is 12.3. The second kappa shape index (κ2) is 6.38. The Morgan fingerprint density at radius 2 is 2.20 bits per heavy atom. The van der Waals surface area contributed by atoms with E-state index in [4.69, 9.17) is 4.74 Å². The van der Waals surface area contributed by atoms with Crippen LogP contribution in [0.3, 0.4) is 0 Å². The standard InChI is InChI=1S/C18H24N4O3/c1-5-14(20-16(23)10-22-17(24)21(4)11-19-22)12-6-7-15-13(8-12)9-18(2,3)25-15/h6-8,11,14H,5,9-10H2,1-4H3,(H,20,23)/t14-/m0/s1. The molecule has 0 radical (unpaired) electrons. The van der Waals surface area contributed by atoms with Gasteiger partial charge in [0.2, 0.25) is 5.91 Å². The minimum Gasteiger partial charge on any atom is -0.487 e. The first-order valence-corrected chi connectivity index (χ1v) is 8.48. The summed E-state index contributed by atoms with van der Waals surface area (Å²) >= 11 is 0. The van der Waals surface area contributed by atoms with Gasteiger partial charge < -0.3 is 10.1 Å². The Bertz CT molecular complexity index is 850. The first-order valence-electron chi connectivity index (χ1n) is 8.48. The SMILES string of the molecule is CC[C@H](NC(=O)Cn1ncn(C)c1=O)c1ccc2c(c1)CC(C)(C)O2. The van der Waals surface area contributed by atoms with E-state index in [9.17, 15) is 9.59 Å². The van der Waals surface area contributed by atoms with Crippen molar-refractivity contribution in [2.24, 2.45) is 7.05 Å². The molecule has 1 amide bonds. The van der Waals surface area contributed by atoms with Gasteiger partial charge >= 0.3 is 5.69 Å². The quantitative estimate of drug-likeness (QED) is 0.893. The lowest BCUT2D eigenvalue weighted by atomic mass is 9.97. The topological polar surface area (TPSA) is 78.2 Å². The van der Waals surface area contributed by atoms with E-state index in [1.165, 1.54) is 10.9 Å². The van der Waals surface area contributed by atoms with E-state index in [1.807, 2.05) is 19.1 Å². The van der Waals surface area contributed by atoms with E-state index < -0.39 is 0 Å². The lowest BCUT2D eigenvalue weighted by Crippen LogP contribution is -2.35. The number of carbonyl (C=O) groups excluding carboxylic acids is 1. The molecular formula is C18H24N4O3. The third kappa shape index (κ3) is 3.60. The van der Waals surface area contributed by atoms with Crippen LogP contribution in [0.5, 0.6) is 5.75 Å². The van der Waals surface area contributed by atoms with Crippen LogP contribution in [0.1, 0.15) is 44.4 Å². The molecule has 1 aliphatic heterocycles. The zero-order chi connectivity index (χ0) is 18.2. The molecular weight excluding hydrogens is 320 g/mol. The highest BCUT2D eigenvalue weighted by atomic mass is 16.5. The van der Waals surface area contributed by atoms with Crippen LogP contribution in [0.2, 0.25) is 0 Å². The van der Waals surface area contributed by atoms with Crippen molar-refractivity contribution in [2.45, 2.75) is 51.8 Å². The molecule has 25 heavy (non-hydrogen) atoms. The second-order valence-electron chi connectivity index (χ2n) is 7.12. The largest absolute Gasteiger partial charge is 0.487 e. The van der Waals surface area contributed by atoms with E-state index in [-0.39, 0.29) is 29.8 Å². The van der Waals surface area contributed by atoms with Gasteiger partial charge in [-0.2, -0.15) is 5.10 Å². The Balaban J connectivity index is 1.72. The summed E-state index contributed by atoms with van der Waals surface area (Å²) in [5, 5.41) is 6.91. The highest BCUT2D eigenvalue weighted by molar-refractivity contribution is 5.76. The fourth-order valence-corrected chi connectivity index (χ4v) is 3.17. The van der Waals surface area contributed by atoms with Gasteiger partial charge in [-0.25, -0.2) is 9.48 Å². The minimum absolute atomic E-state index is 0.0861. The molecule has 2 heterocycles. The lowest BCUT2D eigenvalue weighted by molar-refractivity contribution is -0.122. The Morgan fingerprint density at radius 1 is 1.44 bits per heavy atom. The predicted octanol–water partition coefficient (Wildman–Crippen LogP) is 1.56. The molecule has 7 nitrogen and oxygen atoms in total. The Kier molecular flexibility index (Phi) is 4.41. The maximum absolute atomic E-state index is 12.3. The van der Waals surface area contributed by atoms with Gasteiger partial charge in [-0.15, -0.1) is 0 Å². The first kappa shape index (κ1) is 17.3. The fourth-order valence-electron chi connectivity index (χ4n) is 3.17. The van der Waals surface area contributed by atoms with Gasteiger partial charge in [0.25, 0.3) is 0 Å². The van der Waals surface area contributed by atoms with Crippen molar-refractivity contribution >= 4 is 5.91 Å². The maximum Gasteiger partial charge on any atom is 0.345 e. The summed E-state index contributed by atoms with van der Waals surface area (Å²) in [5.74, 6) is 0.680. The number of rotatable bonds is 5. The average Bonchev–Trinajstić information content (AvgIpc) is 3.03. The van der Waals surface area contributed by atoms with Gasteiger partial charge in [0, 0.05) is 13.5 Å². The highest BCUT2D eigenvalue weighted by Gasteiger charge is 2.30. The van der Waals surface area contributed by atoms with Gasteiger partial charge in [-0.05, 0) is 43.5 Å². The highest BCUT2D eigenvalue weighted by Crippen LogP contribution is 2.36. The number of fused-ring (bicyclic) bond motifs is 1. The molecule has 0 fully saturated rings. The molecule has 1 aliphatic rings. The van der Waals surface area contributed by atoms with Crippen molar-refractivity contribution < 1.29 is 9.53 Å². The molecule has 0 bridgehead atoms. The number of amides is 1. The van der Waals surface area contributed by atoms with Crippen molar-refractivity contribution in [2.75, 3.05) is 0 Å². The Labute approximate surface area is 146 Å². The number of nitrogens with one attached hydrogen (secondary N) is 1. The van der Waals surface area contributed by atoms with Crippen LogP contribution in [0.25, 0.3) is 0 Å². The summed E-state index contributed by atoms with van der Waals surface area (Å²) in [6.45, 7) is 6.06. The number of benzene rings is 1. The summed E-state index contributed by atoms with van der Waals surface area (Å²) < 4.78 is 8.40. The first-order chi connectivity index (χ1) is 11.8. The van der Waals surface area contributed by atoms with Crippen LogP contribution in [-0.4, -0.2) is 25.9 Å². The zero-order valence-corrected chi connectivity index (χ0v) is 15.1. The van der Waals surface area contributed by atoms with Crippen molar-refractivity contribution in [3.8, 4) is 5.75 Å². The molecule has 3 rings (SSSR count). The van der Waals surface area contributed by atoms with Gasteiger partial charge in [0.15, 0.2) is 0 Å². The van der Waals surface area contributed by atoms with Crippen molar-refractivity contribution in [3.63, 3.8) is 0 Å². The summed E-state index contributed by atoms with van der Waals surface area (Å²) in [6.07, 6.45) is 3.00. The Morgan fingerprint density at radius 3 is 2.84 bits per heavy atom. The molecule has 7 heteroatoms. The van der Waals surface area contributed by atoms with Crippen LogP contribution in [0.4, 0.5) is 0 Å². The Hall–Kier alpha value is -2.57. The molecule has 0 aliphatic carbocycles. The average molecular weight is 344 g/mol. The van der Waals surface area contributed by atoms with Crippen LogP contribution in [-0.2, 0) is 24.8 Å². The number of aromatic nitrogens is 3. The number of nitrogens with zero attached hydrogens (tertiary/aromatic N) is 3. The number of carbonyl (C=O) groups is 1. The van der Waals surface area contributed by atoms with Gasteiger partial charge in [-0.3, -0.25) is 9.36 Å². The van der Waals surface area contributed by atoms with Crippen molar-refractivity contribution in [1.29, 1.82) is 0 Å². The molecule has 1 aromatic carbocycles. The van der Waals surface area contributed by atoms with Crippen LogP contribution >= 0.6 is 0 Å². The third-order valence-electron chi connectivity index (χ3n) is 4.41. The van der Waals surface area contributed by atoms with E-state index in [0.717, 1.165) is 34.4 Å². The normalized spacial score (nSPS) is 16.2. The number of hydrogen-bond donors (Lipinski definition) is 1. The molecule has 1 aromatic heterocycles. The molecule has 1 atom stereocenters. The molecule has 0 spiro atoms. The monoisotopic (exact) mass is 344 g/mol. The van der Waals surface area contributed by atoms with Crippen LogP contribution in [0, 0.1) is 0 Å². The fraction of sp³-hybridized carbons (Fsp3) is 0.500. The zero-order valence-electron chi connectivity index (χ0n) is 15.1. The van der Waals surface area contributed by atoms with Crippen molar-refractivity contribution in [1.82, 2.24) is 19.7 Å². The van der Waals surface area contributed by atoms with Gasteiger partial charge in [0.1, 0.15) is 24.2 Å². The van der Waals surface area contributed by atoms with E-state index >= 15 is 0 Å². The van der Waals surface area contributed by atoms with Crippen LogP contribution < -0.4 is 15.7 Å². The molecule has 0 saturated heterocycles. The molecule has 2 aromatic rings. The van der Waals surface area contributed by atoms with E-state index in [2.05, 4.69) is 30.3 Å². The summed E-state index contributed by atoms with van der Waals surface area (Å²) in [6, 6.07) is 5.95. The molecule has 0 saturated carbocycles. The summed E-state index contributed by atoms with van der Waals surface area (Å²) in [7, 11) is 1.60. The number of aryl methyl sites for hydroxylation is 1. The molecule has 0 unspecified atom stereocenters. The smallest absolute Gasteiger partial charge is 0.345 e. The third-order valence-corrected chi connectivity index (χ3v) is 4.41. The van der Waals surface area contributed by atoms with Crippen LogP contribution in [0.15, 0.2) is 29.3 Å². The minimum atomic E-state index is -0.305. The van der Waals surface area contributed by atoms with Gasteiger partial charge in [0.05, 0.1) is 6.04 Å². The van der Waals surface area contributed by atoms with E-state index in [0.29, 0.717) is 0 Å².